The van der Waals surface area contributed by atoms with Crippen molar-refractivity contribution in [3.8, 4) is 22.7 Å². The lowest BCUT2D eigenvalue weighted by molar-refractivity contribution is -0.136. The molecule has 0 aliphatic heterocycles. The predicted molar refractivity (Wildman–Crippen MR) is 151 cm³/mol. The number of benzene rings is 3. The highest BCUT2D eigenvalue weighted by Crippen LogP contribution is 2.25. The van der Waals surface area contributed by atoms with Gasteiger partial charge in [0.1, 0.15) is 18.1 Å². The lowest BCUT2D eigenvalue weighted by atomic mass is 10.1. The number of anilines is 1. The summed E-state index contributed by atoms with van der Waals surface area (Å²) in [5.41, 5.74) is 2.49. The standard InChI is InChI=1S/C30H31ClN4O3/c1-2-3-10-19-34(30(37)22-38-26-17-15-24(31)16-18-26)21-29(36)32-28-20-27(23-11-6-4-7-12-23)33-35(28)25-13-8-5-9-14-25/h4-9,11-18,20H,2-3,10,19,21-22H2,1H3,(H,32,36). The Morgan fingerprint density at radius 2 is 1.63 bits per heavy atom. The van der Waals surface area contributed by atoms with Crippen LogP contribution in [-0.4, -0.2) is 46.2 Å². The molecular weight excluding hydrogens is 500 g/mol. The van der Waals surface area contributed by atoms with Gasteiger partial charge in [-0.05, 0) is 42.8 Å². The molecule has 0 unspecified atom stereocenters. The molecule has 8 heteroatoms. The van der Waals surface area contributed by atoms with Gasteiger partial charge in [0.05, 0.1) is 11.4 Å². The number of hydrogen-bond acceptors (Lipinski definition) is 4. The molecule has 1 N–H and O–H groups in total. The predicted octanol–water partition coefficient (Wildman–Crippen LogP) is 6.23. The molecular formula is C30H31ClN4O3. The fraction of sp³-hybridized carbons (Fsp3) is 0.233. The smallest absolute Gasteiger partial charge is 0.260 e. The lowest BCUT2D eigenvalue weighted by Gasteiger charge is -2.22. The molecule has 3 aromatic carbocycles. The SMILES string of the molecule is CCCCCN(CC(=O)Nc1cc(-c2ccccc2)nn1-c1ccccc1)C(=O)COc1ccc(Cl)cc1. The highest BCUT2D eigenvalue weighted by molar-refractivity contribution is 6.30. The molecule has 4 rings (SSSR count). The molecule has 4 aromatic rings. The third kappa shape index (κ3) is 7.46. The summed E-state index contributed by atoms with van der Waals surface area (Å²) in [6.45, 7) is 2.31. The van der Waals surface area contributed by atoms with Gasteiger partial charge in [-0.25, -0.2) is 4.68 Å². The van der Waals surface area contributed by atoms with Crippen LogP contribution in [0.5, 0.6) is 5.75 Å². The number of ether oxygens (including phenoxy) is 1. The van der Waals surface area contributed by atoms with Crippen LogP contribution in [0.25, 0.3) is 16.9 Å². The number of amides is 2. The minimum absolute atomic E-state index is 0.0901. The van der Waals surface area contributed by atoms with E-state index in [2.05, 4.69) is 12.2 Å². The molecule has 2 amide bonds. The van der Waals surface area contributed by atoms with Gasteiger partial charge < -0.3 is 15.0 Å². The van der Waals surface area contributed by atoms with E-state index in [1.54, 1.807) is 33.8 Å². The van der Waals surface area contributed by atoms with Crippen molar-refractivity contribution in [1.29, 1.82) is 0 Å². The van der Waals surface area contributed by atoms with Gasteiger partial charge in [-0.3, -0.25) is 9.59 Å². The molecule has 7 nitrogen and oxygen atoms in total. The summed E-state index contributed by atoms with van der Waals surface area (Å²) in [5.74, 6) is 0.505. The van der Waals surface area contributed by atoms with Gasteiger partial charge in [0.15, 0.2) is 6.61 Å². The highest BCUT2D eigenvalue weighted by atomic mass is 35.5. The number of nitrogens with zero attached hydrogens (tertiary/aromatic N) is 3. The average molecular weight is 531 g/mol. The molecule has 1 heterocycles. The fourth-order valence-electron chi connectivity index (χ4n) is 3.95. The van der Waals surface area contributed by atoms with Crippen LogP contribution in [0.3, 0.4) is 0 Å². The number of halogens is 1. The average Bonchev–Trinajstić information content (AvgIpc) is 3.36. The van der Waals surface area contributed by atoms with E-state index in [-0.39, 0.29) is 25.0 Å². The molecule has 0 spiro atoms. The van der Waals surface area contributed by atoms with E-state index in [1.165, 1.54) is 0 Å². The normalized spacial score (nSPS) is 10.7. The van der Waals surface area contributed by atoms with E-state index in [0.29, 0.717) is 23.1 Å². The van der Waals surface area contributed by atoms with Crippen molar-refractivity contribution in [3.63, 3.8) is 0 Å². The number of hydrogen-bond donors (Lipinski definition) is 1. The largest absolute Gasteiger partial charge is 0.484 e. The second-order valence-corrected chi connectivity index (χ2v) is 9.28. The van der Waals surface area contributed by atoms with Crippen molar-refractivity contribution in [3.05, 3.63) is 96.0 Å². The van der Waals surface area contributed by atoms with Crippen LogP contribution >= 0.6 is 11.6 Å². The Kier molecular flexibility index (Phi) is 9.54. The topological polar surface area (TPSA) is 76.5 Å². The maximum atomic E-state index is 13.2. The molecule has 196 valence electrons. The molecule has 0 radical (unpaired) electrons. The number of unbranched alkanes of at least 4 members (excludes halogenated alkanes) is 2. The first-order valence-electron chi connectivity index (χ1n) is 12.7. The molecule has 1 aromatic heterocycles. The Labute approximate surface area is 228 Å². The zero-order chi connectivity index (χ0) is 26.7. The summed E-state index contributed by atoms with van der Waals surface area (Å²) in [5, 5.41) is 8.30. The molecule has 0 fully saturated rings. The van der Waals surface area contributed by atoms with E-state index >= 15 is 0 Å². The summed E-state index contributed by atoms with van der Waals surface area (Å²) in [6, 6.07) is 28.0. The van der Waals surface area contributed by atoms with Crippen LogP contribution in [0.15, 0.2) is 91.0 Å². The molecule has 38 heavy (non-hydrogen) atoms. The minimum atomic E-state index is -0.307. The second-order valence-electron chi connectivity index (χ2n) is 8.84. The summed E-state index contributed by atoms with van der Waals surface area (Å²) in [7, 11) is 0. The molecule has 0 aliphatic rings. The Morgan fingerprint density at radius 1 is 0.947 bits per heavy atom. The third-order valence-corrected chi connectivity index (χ3v) is 6.19. The monoisotopic (exact) mass is 530 g/mol. The van der Waals surface area contributed by atoms with Crippen LogP contribution in [0.2, 0.25) is 5.02 Å². The van der Waals surface area contributed by atoms with Gasteiger partial charge >= 0.3 is 0 Å². The maximum Gasteiger partial charge on any atom is 0.260 e. The van der Waals surface area contributed by atoms with E-state index in [9.17, 15) is 9.59 Å². The Bertz CT molecular complexity index is 1320. The Balaban J connectivity index is 1.49. The summed E-state index contributed by atoms with van der Waals surface area (Å²) >= 11 is 5.92. The Hall–Kier alpha value is -4.10. The number of nitrogens with one attached hydrogen (secondary N) is 1. The first-order valence-corrected chi connectivity index (χ1v) is 13.1. The van der Waals surface area contributed by atoms with Gasteiger partial charge in [0.25, 0.3) is 5.91 Å². The Morgan fingerprint density at radius 3 is 2.32 bits per heavy atom. The molecule has 0 bridgehead atoms. The van der Waals surface area contributed by atoms with Gasteiger partial charge in [0, 0.05) is 23.2 Å². The highest BCUT2D eigenvalue weighted by Gasteiger charge is 2.20. The number of carbonyl (C=O) groups is 2. The number of para-hydroxylation sites is 1. The van der Waals surface area contributed by atoms with Crippen LogP contribution in [0.1, 0.15) is 26.2 Å². The van der Waals surface area contributed by atoms with Gasteiger partial charge in [0.2, 0.25) is 5.91 Å². The van der Waals surface area contributed by atoms with Crippen molar-refractivity contribution in [2.45, 2.75) is 26.2 Å². The molecule has 0 aliphatic carbocycles. The number of rotatable bonds is 12. The fourth-order valence-corrected chi connectivity index (χ4v) is 4.08. The summed E-state index contributed by atoms with van der Waals surface area (Å²) in [4.78, 5) is 27.8. The zero-order valence-corrected chi connectivity index (χ0v) is 22.1. The molecule has 0 atom stereocenters. The second kappa shape index (κ2) is 13.4. The van der Waals surface area contributed by atoms with Crippen molar-refractivity contribution in [2.24, 2.45) is 0 Å². The van der Waals surface area contributed by atoms with Gasteiger partial charge in [-0.15, -0.1) is 0 Å². The summed E-state index contributed by atoms with van der Waals surface area (Å²) < 4.78 is 7.35. The first-order chi connectivity index (χ1) is 18.5. The number of aromatic nitrogens is 2. The van der Waals surface area contributed by atoms with Crippen LogP contribution in [0.4, 0.5) is 5.82 Å². The van der Waals surface area contributed by atoms with E-state index in [4.69, 9.17) is 21.4 Å². The zero-order valence-electron chi connectivity index (χ0n) is 21.3. The van der Waals surface area contributed by atoms with Crippen LogP contribution in [-0.2, 0) is 9.59 Å². The van der Waals surface area contributed by atoms with E-state index in [1.807, 2.05) is 66.7 Å². The first kappa shape index (κ1) is 26.9. The van der Waals surface area contributed by atoms with Crippen LogP contribution in [0, 0.1) is 0 Å². The van der Waals surface area contributed by atoms with Gasteiger partial charge in [-0.2, -0.15) is 5.10 Å². The molecule has 0 saturated carbocycles. The lowest BCUT2D eigenvalue weighted by Crippen LogP contribution is -2.41. The van der Waals surface area contributed by atoms with Crippen LogP contribution < -0.4 is 10.1 Å². The van der Waals surface area contributed by atoms with Crippen molar-refractivity contribution < 1.29 is 14.3 Å². The quantitative estimate of drug-likeness (QED) is 0.220. The van der Waals surface area contributed by atoms with Crippen molar-refractivity contribution >= 4 is 29.2 Å². The van der Waals surface area contributed by atoms with E-state index < -0.39 is 0 Å². The van der Waals surface area contributed by atoms with E-state index in [0.717, 1.165) is 36.2 Å². The number of carbonyl (C=O) groups excluding carboxylic acids is 2. The van der Waals surface area contributed by atoms with Gasteiger partial charge in [-0.1, -0.05) is 79.9 Å². The van der Waals surface area contributed by atoms with Crippen molar-refractivity contribution in [1.82, 2.24) is 14.7 Å². The minimum Gasteiger partial charge on any atom is -0.484 e. The molecule has 0 saturated heterocycles. The van der Waals surface area contributed by atoms with Crippen molar-refractivity contribution in [2.75, 3.05) is 25.0 Å². The third-order valence-electron chi connectivity index (χ3n) is 5.94. The maximum absolute atomic E-state index is 13.2. The summed E-state index contributed by atoms with van der Waals surface area (Å²) in [6.07, 6.45) is 2.77.